The standard InChI is InChI=1S/C76H139O24P/c1-5-8-11-14-17-19-21-23-25-27-29-31-33-39-45-50-61(79)93-55-59-64(82)66(84)71(89)76(97-59)99-73-69(87)67(85)68(86)72(98-75-70(88)65(83)63(81)58(52-77)96-75)74(73)100-101(90,91)94-54-57(95-62(80)51-46-41-34-32-30-28-26-24-22-20-18-15-12-9-6-2)53-92-60(78)49-44-40-36-35-38-43-48-56(4)47-42-37-16-13-10-7-3/h34,41,46,51,56-59,63-77,81-89H,5-33,35-40,42-45,47-50,52-55H2,1-4H3,(H,90,91)/b41-34+,51-46+. The van der Waals surface area contributed by atoms with Gasteiger partial charge in [0, 0.05) is 18.9 Å². The van der Waals surface area contributed by atoms with E-state index in [1.807, 2.05) is 6.08 Å². The van der Waals surface area contributed by atoms with Crippen molar-refractivity contribution < 1.29 is 117 Å². The largest absolute Gasteiger partial charge is 0.472 e. The number of hydrogen-bond acceptors (Lipinski definition) is 23. The molecule has 3 rings (SSSR count). The maximum Gasteiger partial charge on any atom is 0.472 e. The van der Waals surface area contributed by atoms with E-state index in [0.29, 0.717) is 18.8 Å². The van der Waals surface area contributed by atoms with E-state index in [-0.39, 0.29) is 12.8 Å². The molecule has 0 aromatic heterocycles. The van der Waals surface area contributed by atoms with Crippen molar-refractivity contribution in [1.82, 2.24) is 0 Å². The van der Waals surface area contributed by atoms with Crippen molar-refractivity contribution in [2.24, 2.45) is 5.92 Å². The first kappa shape index (κ1) is 92.6. The smallest absolute Gasteiger partial charge is 0.463 e. The fraction of sp³-hybridized carbons (Fsp3) is 0.908. The number of aliphatic hydroxyl groups is 10. The molecular weight excluding hydrogens is 1330 g/mol. The van der Waals surface area contributed by atoms with Crippen LogP contribution in [-0.2, 0) is 61.2 Å². The molecule has 1 saturated carbocycles. The van der Waals surface area contributed by atoms with Crippen LogP contribution >= 0.6 is 7.82 Å². The van der Waals surface area contributed by atoms with Gasteiger partial charge in [-0.2, -0.15) is 0 Å². The number of rotatable bonds is 61. The molecule has 25 heteroatoms. The molecule has 0 aromatic rings. The average Bonchev–Trinajstić information content (AvgIpc) is 0.762. The van der Waals surface area contributed by atoms with Crippen LogP contribution in [0.25, 0.3) is 0 Å². The molecule has 2 aliphatic heterocycles. The number of allylic oxidation sites excluding steroid dienone is 3. The highest BCUT2D eigenvalue weighted by Crippen LogP contribution is 2.49. The van der Waals surface area contributed by atoms with Crippen molar-refractivity contribution in [2.45, 2.75) is 408 Å². The third-order valence-electron chi connectivity index (χ3n) is 19.7. The highest BCUT2D eigenvalue weighted by molar-refractivity contribution is 7.47. The van der Waals surface area contributed by atoms with Crippen molar-refractivity contribution in [3.63, 3.8) is 0 Å². The molecule has 24 nitrogen and oxygen atoms in total. The lowest BCUT2D eigenvalue weighted by Gasteiger charge is -2.49. The highest BCUT2D eigenvalue weighted by Gasteiger charge is 2.58. The Morgan fingerprint density at radius 3 is 1.25 bits per heavy atom. The second kappa shape index (κ2) is 56.7. The predicted octanol–water partition coefficient (Wildman–Crippen LogP) is 11.5. The van der Waals surface area contributed by atoms with Crippen LogP contribution in [0.3, 0.4) is 0 Å². The summed E-state index contributed by atoms with van der Waals surface area (Å²) in [5.41, 5.74) is 0. The van der Waals surface area contributed by atoms with Crippen LogP contribution in [0, 0.1) is 5.92 Å². The van der Waals surface area contributed by atoms with Crippen LogP contribution in [0.4, 0.5) is 0 Å². The first-order valence-corrected chi connectivity index (χ1v) is 41.0. The maximum atomic E-state index is 14.3. The molecule has 0 spiro atoms. The Labute approximate surface area is 605 Å². The number of esters is 3. The molecule has 19 unspecified atom stereocenters. The van der Waals surface area contributed by atoms with Crippen LogP contribution in [-0.4, -0.2) is 204 Å². The maximum absolute atomic E-state index is 14.3. The molecule has 0 bridgehead atoms. The summed E-state index contributed by atoms with van der Waals surface area (Å²) < 4.78 is 64.9. The minimum atomic E-state index is -5.73. The predicted molar refractivity (Wildman–Crippen MR) is 384 cm³/mol. The monoisotopic (exact) mass is 1470 g/mol. The summed E-state index contributed by atoms with van der Waals surface area (Å²) in [6.45, 7) is 5.69. The van der Waals surface area contributed by atoms with Gasteiger partial charge in [-0.15, -0.1) is 0 Å². The Balaban J connectivity index is 1.74. The van der Waals surface area contributed by atoms with Gasteiger partial charge in [0.25, 0.3) is 0 Å². The number of unbranched alkanes of at least 4 members (excludes halogenated alkanes) is 35. The van der Waals surface area contributed by atoms with Crippen molar-refractivity contribution in [3.05, 3.63) is 24.3 Å². The first-order valence-electron chi connectivity index (χ1n) is 39.6. The van der Waals surface area contributed by atoms with Crippen molar-refractivity contribution in [2.75, 3.05) is 26.4 Å². The molecule has 592 valence electrons. The molecule has 3 aliphatic rings. The van der Waals surface area contributed by atoms with Gasteiger partial charge in [0.1, 0.15) is 98.7 Å². The third-order valence-corrected chi connectivity index (χ3v) is 20.7. The van der Waals surface area contributed by atoms with Gasteiger partial charge in [-0.25, -0.2) is 9.36 Å². The fourth-order valence-corrected chi connectivity index (χ4v) is 14.2. The zero-order valence-corrected chi connectivity index (χ0v) is 63.0. The molecule has 0 radical (unpaired) electrons. The van der Waals surface area contributed by atoms with Crippen LogP contribution in [0.1, 0.15) is 304 Å². The van der Waals surface area contributed by atoms with Gasteiger partial charge < -0.3 is 89.1 Å². The topological polar surface area (TPSA) is 374 Å². The van der Waals surface area contributed by atoms with E-state index in [4.69, 9.17) is 42.2 Å². The summed E-state index contributed by atoms with van der Waals surface area (Å²) in [5, 5.41) is 110. The van der Waals surface area contributed by atoms with Crippen LogP contribution < -0.4 is 0 Å². The molecule has 101 heavy (non-hydrogen) atoms. The van der Waals surface area contributed by atoms with Gasteiger partial charge in [-0.05, 0) is 31.6 Å². The van der Waals surface area contributed by atoms with Gasteiger partial charge in [-0.1, -0.05) is 283 Å². The molecule has 0 aromatic carbocycles. The molecule has 19 atom stereocenters. The van der Waals surface area contributed by atoms with E-state index in [0.717, 1.165) is 96.0 Å². The van der Waals surface area contributed by atoms with Crippen LogP contribution in [0.2, 0.25) is 0 Å². The Bertz CT molecular complexity index is 2190. The van der Waals surface area contributed by atoms with Gasteiger partial charge in [0.15, 0.2) is 18.7 Å². The van der Waals surface area contributed by atoms with Gasteiger partial charge >= 0.3 is 25.7 Å². The van der Waals surface area contributed by atoms with Crippen LogP contribution in [0.5, 0.6) is 0 Å². The van der Waals surface area contributed by atoms with E-state index in [1.165, 1.54) is 167 Å². The molecule has 2 saturated heterocycles. The summed E-state index contributed by atoms with van der Waals surface area (Å²) >= 11 is 0. The Hall–Kier alpha value is -2.56. The fourth-order valence-electron chi connectivity index (χ4n) is 13.2. The number of carbonyl (C=O) groups excluding carboxylic acids is 3. The van der Waals surface area contributed by atoms with Crippen molar-refractivity contribution >= 4 is 25.7 Å². The Morgan fingerprint density at radius 2 is 0.812 bits per heavy atom. The second-order valence-electron chi connectivity index (χ2n) is 28.8. The summed E-state index contributed by atoms with van der Waals surface area (Å²) in [4.78, 5) is 51.0. The number of ether oxygens (including phenoxy) is 7. The van der Waals surface area contributed by atoms with E-state index in [2.05, 4.69) is 27.7 Å². The number of aliphatic hydroxyl groups excluding tert-OH is 10. The molecule has 11 N–H and O–H groups in total. The average molecular weight is 1470 g/mol. The number of phosphoric ester groups is 1. The molecule has 1 aliphatic carbocycles. The lowest BCUT2D eigenvalue weighted by Crippen LogP contribution is -2.69. The molecule has 3 fully saturated rings. The third kappa shape index (κ3) is 39.7. The van der Waals surface area contributed by atoms with E-state index < -0.39 is 156 Å². The quantitative estimate of drug-likeness (QED) is 0.00673. The van der Waals surface area contributed by atoms with Gasteiger partial charge in [0.05, 0.1) is 13.2 Å². The minimum absolute atomic E-state index is 0.0263. The minimum Gasteiger partial charge on any atom is -0.463 e. The highest BCUT2D eigenvalue weighted by atomic mass is 31.2. The summed E-state index contributed by atoms with van der Waals surface area (Å²) in [5.74, 6) is -1.55. The molecular formula is C76H139O24P. The number of carbonyl (C=O) groups is 3. The normalized spacial score (nSPS) is 27.6. The van der Waals surface area contributed by atoms with Crippen molar-refractivity contribution in [1.29, 1.82) is 0 Å². The van der Waals surface area contributed by atoms with E-state index >= 15 is 0 Å². The first-order chi connectivity index (χ1) is 48.7. The second-order valence-corrected chi connectivity index (χ2v) is 30.2. The SMILES string of the molecule is CCCCCCCCCCCCC/C=C/C=C/C(=O)OC(COC(=O)CCCCCCCCC(C)CCCCCCCC)COP(=O)(O)OC1C(OC2OC(CO)C(O)C(O)C2O)C(O)C(O)C(O)C1OC1OC(COC(=O)CCCCCCCCCCCCCCCCC)C(O)C(O)C1O. The van der Waals surface area contributed by atoms with Crippen molar-refractivity contribution in [3.8, 4) is 0 Å². The Kier molecular flexibility index (Phi) is 52.0. The zero-order valence-electron chi connectivity index (χ0n) is 62.1. The number of hydrogen-bond donors (Lipinski definition) is 11. The summed E-state index contributed by atoms with van der Waals surface area (Å²) in [6, 6.07) is 0. The van der Waals surface area contributed by atoms with Crippen LogP contribution in [0.15, 0.2) is 24.3 Å². The van der Waals surface area contributed by atoms with Gasteiger partial charge in [-0.3, -0.25) is 18.6 Å². The zero-order chi connectivity index (χ0) is 74.1. The van der Waals surface area contributed by atoms with Gasteiger partial charge in [0.2, 0.25) is 0 Å². The summed E-state index contributed by atoms with van der Waals surface area (Å²) in [7, 11) is -5.73. The summed E-state index contributed by atoms with van der Waals surface area (Å²) in [6.07, 6.45) is 17.3. The lowest BCUT2D eigenvalue weighted by molar-refractivity contribution is -0.360. The number of phosphoric acid groups is 1. The lowest BCUT2D eigenvalue weighted by atomic mass is 9.84. The molecule has 2 heterocycles. The Morgan fingerprint density at radius 1 is 0.436 bits per heavy atom. The molecule has 0 amide bonds. The van der Waals surface area contributed by atoms with E-state index in [1.54, 1.807) is 6.08 Å². The van der Waals surface area contributed by atoms with E-state index in [9.17, 15) is 74.9 Å².